The van der Waals surface area contributed by atoms with Gasteiger partial charge in [-0.15, -0.1) is 0 Å². The number of benzene rings is 2. The third kappa shape index (κ3) is 6.51. The van der Waals surface area contributed by atoms with Crippen molar-refractivity contribution < 1.29 is 22.3 Å². The maximum absolute atomic E-state index is 13.1. The Bertz CT molecular complexity index is 1400. The molecule has 3 N–H and O–H groups in total. The second kappa shape index (κ2) is 10.6. The lowest BCUT2D eigenvalue weighted by Crippen LogP contribution is -2.28. The predicted molar refractivity (Wildman–Crippen MR) is 128 cm³/mol. The van der Waals surface area contributed by atoms with Crippen LogP contribution >= 0.6 is 0 Å². The lowest BCUT2D eigenvalue weighted by Gasteiger charge is -2.13. The fourth-order valence-electron chi connectivity index (χ4n) is 2.95. The molecule has 9 nitrogen and oxygen atoms in total. The molecule has 35 heavy (non-hydrogen) atoms. The van der Waals surface area contributed by atoms with Crippen molar-refractivity contribution in [2.45, 2.75) is 11.4 Å². The van der Waals surface area contributed by atoms with E-state index in [0.29, 0.717) is 18.0 Å². The number of sulfonamides is 1. The highest BCUT2D eigenvalue weighted by molar-refractivity contribution is 7.92. The minimum absolute atomic E-state index is 0.00579. The van der Waals surface area contributed by atoms with Gasteiger partial charge in [-0.05, 0) is 72.3 Å². The van der Waals surface area contributed by atoms with Crippen molar-refractivity contribution in [2.75, 3.05) is 10.0 Å². The summed E-state index contributed by atoms with van der Waals surface area (Å²) >= 11 is 0. The molecule has 0 aliphatic rings. The fraction of sp³-hybridized carbons (Fsp3) is 0.0417. The number of nitrogens with one attached hydrogen (secondary N) is 3. The number of nitrogens with zero attached hydrogens (tertiary/aromatic N) is 2. The van der Waals surface area contributed by atoms with E-state index in [0.717, 1.165) is 5.56 Å². The van der Waals surface area contributed by atoms with Gasteiger partial charge in [-0.1, -0.05) is 6.07 Å². The fourth-order valence-corrected chi connectivity index (χ4v) is 4.00. The second-order valence-electron chi connectivity index (χ2n) is 7.21. The zero-order valence-corrected chi connectivity index (χ0v) is 19.0. The molecule has 4 rings (SSSR count). The van der Waals surface area contributed by atoms with Gasteiger partial charge in [-0.3, -0.25) is 9.71 Å². The van der Waals surface area contributed by atoms with Gasteiger partial charge in [0.25, 0.3) is 10.0 Å². The first-order valence-electron chi connectivity index (χ1n) is 10.3. The molecule has 0 aliphatic heterocycles. The molecule has 178 valence electrons. The third-order valence-corrected chi connectivity index (χ3v) is 6.02. The summed E-state index contributed by atoms with van der Waals surface area (Å²) in [6.07, 6.45) is 4.73. The number of halogens is 1. The van der Waals surface area contributed by atoms with Crippen LogP contribution in [0.3, 0.4) is 0 Å². The van der Waals surface area contributed by atoms with Crippen LogP contribution in [0.15, 0.2) is 96.3 Å². The van der Waals surface area contributed by atoms with E-state index in [9.17, 15) is 17.6 Å². The SMILES string of the molecule is O=C(NCc1cccnc1)Nc1ccc(S(=O)(=O)Nc2cccnc2Oc2ccc(F)cc2)cc1. The number of urea groups is 1. The van der Waals surface area contributed by atoms with Gasteiger partial charge in [-0.25, -0.2) is 22.6 Å². The Labute approximate surface area is 201 Å². The van der Waals surface area contributed by atoms with Crippen molar-refractivity contribution in [1.82, 2.24) is 15.3 Å². The summed E-state index contributed by atoms with van der Waals surface area (Å²) in [5, 5.41) is 5.33. The molecule has 0 saturated carbocycles. The highest BCUT2D eigenvalue weighted by Crippen LogP contribution is 2.29. The van der Waals surface area contributed by atoms with Gasteiger partial charge in [-0.2, -0.15) is 0 Å². The van der Waals surface area contributed by atoms with E-state index in [1.807, 2.05) is 6.07 Å². The number of carbonyl (C=O) groups excluding carboxylic acids is 1. The standard InChI is InChI=1S/C24H20FN5O4S/c25-18-5-9-20(10-6-18)34-23-22(4-2-14-27-23)30-35(32,33)21-11-7-19(8-12-21)29-24(31)28-16-17-3-1-13-26-15-17/h1-15,30H,16H2,(H2,28,29,31). The first-order chi connectivity index (χ1) is 16.9. The number of hydrogen-bond acceptors (Lipinski definition) is 6. The number of pyridine rings is 2. The number of carbonyl (C=O) groups is 1. The van der Waals surface area contributed by atoms with Gasteiger partial charge < -0.3 is 15.4 Å². The van der Waals surface area contributed by atoms with Crippen molar-refractivity contribution in [1.29, 1.82) is 0 Å². The van der Waals surface area contributed by atoms with E-state index in [-0.39, 0.29) is 16.5 Å². The molecule has 0 radical (unpaired) electrons. The van der Waals surface area contributed by atoms with Gasteiger partial charge >= 0.3 is 6.03 Å². The monoisotopic (exact) mass is 493 g/mol. The van der Waals surface area contributed by atoms with Crippen LogP contribution in [-0.4, -0.2) is 24.4 Å². The molecule has 0 bridgehead atoms. The summed E-state index contributed by atoms with van der Waals surface area (Å²) in [5.74, 6) is -0.128. The predicted octanol–water partition coefficient (Wildman–Crippen LogP) is 4.53. The smallest absolute Gasteiger partial charge is 0.319 e. The summed E-state index contributed by atoms with van der Waals surface area (Å²) in [4.78, 5) is 20.1. The van der Waals surface area contributed by atoms with E-state index in [1.54, 1.807) is 24.5 Å². The van der Waals surface area contributed by atoms with Crippen molar-refractivity contribution in [3.8, 4) is 11.6 Å². The third-order valence-electron chi connectivity index (χ3n) is 4.64. The average Bonchev–Trinajstić information content (AvgIpc) is 2.86. The number of aromatic nitrogens is 2. The van der Waals surface area contributed by atoms with Gasteiger partial charge in [0.1, 0.15) is 17.3 Å². The van der Waals surface area contributed by atoms with E-state index in [2.05, 4.69) is 25.3 Å². The van der Waals surface area contributed by atoms with Crippen LogP contribution in [0.5, 0.6) is 11.6 Å². The Morgan fingerprint density at radius 1 is 0.943 bits per heavy atom. The molecule has 0 saturated heterocycles. The lowest BCUT2D eigenvalue weighted by atomic mass is 10.3. The topological polar surface area (TPSA) is 122 Å². The Morgan fingerprint density at radius 2 is 1.69 bits per heavy atom. The molecule has 2 aromatic heterocycles. The maximum atomic E-state index is 13.1. The van der Waals surface area contributed by atoms with Crippen LogP contribution in [-0.2, 0) is 16.6 Å². The summed E-state index contributed by atoms with van der Waals surface area (Å²) in [6.45, 7) is 0.295. The number of rotatable bonds is 8. The Kier molecular flexibility index (Phi) is 7.17. The van der Waals surface area contributed by atoms with E-state index >= 15 is 0 Å². The van der Waals surface area contributed by atoms with Gasteiger partial charge in [0.05, 0.1) is 4.90 Å². The van der Waals surface area contributed by atoms with E-state index < -0.39 is 21.9 Å². The van der Waals surface area contributed by atoms with Crippen LogP contribution in [0.4, 0.5) is 20.6 Å². The quantitative estimate of drug-likeness (QED) is 0.332. The number of amides is 2. The number of anilines is 2. The van der Waals surface area contributed by atoms with Gasteiger partial charge in [0, 0.05) is 30.8 Å². The highest BCUT2D eigenvalue weighted by atomic mass is 32.2. The van der Waals surface area contributed by atoms with E-state index in [4.69, 9.17) is 4.74 Å². The van der Waals surface area contributed by atoms with Crippen LogP contribution in [0, 0.1) is 5.82 Å². The van der Waals surface area contributed by atoms with Crippen LogP contribution in [0.25, 0.3) is 0 Å². The summed E-state index contributed by atoms with van der Waals surface area (Å²) in [5.41, 5.74) is 1.36. The molecule has 2 heterocycles. The Morgan fingerprint density at radius 3 is 2.40 bits per heavy atom. The molecule has 2 aromatic carbocycles. The van der Waals surface area contributed by atoms with Crippen molar-refractivity contribution in [3.63, 3.8) is 0 Å². The molecular weight excluding hydrogens is 473 g/mol. The molecule has 4 aromatic rings. The molecule has 2 amide bonds. The van der Waals surface area contributed by atoms with Crippen LogP contribution in [0.1, 0.15) is 5.56 Å². The largest absolute Gasteiger partial charge is 0.437 e. The summed E-state index contributed by atoms with van der Waals surface area (Å²) in [6, 6.07) is 17.1. The average molecular weight is 494 g/mol. The number of ether oxygens (including phenoxy) is 1. The van der Waals surface area contributed by atoms with Gasteiger partial charge in [0.2, 0.25) is 5.88 Å². The number of hydrogen-bond donors (Lipinski definition) is 3. The molecule has 0 aliphatic carbocycles. The summed E-state index contributed by atoms with van der Waals surface area (Å²) < 4.78 is 47.0. The molecule has 0 atom stereocenters. The lowest BCUT2D eigenvalue weighted by molar-refractivity contribution is 0.251. The minimum atomic E-state index is -3.99. The van der Waals surface area contributed by atoms with Crippen molar-refractivity contribution in [2.24, 2.45) is 0 Å². The minimum Gasteiger partial charge on any atom is -0.437 e. The molecule has 0 unspecified atom stereocenters. The zero-order valence-electron chi connectivity index (χ0n) is 18.2. The molecule has 0 spiro atoms. The molecular formula is C24H20FN5O4S. The second-order valence-corrected chi connectivity index (χ2v) is 8.89. The zero-order chi connectivity index (χ0) is 24.7. The first kappa shape index (κ1) is 23.6. The maximum Gasteiger partial charge on any atom is 0.319 e. The molecule has 0 fully saturated rings. The Balaban J connectivity index is 1.40. The Hall–Kier alpha value is -4.51. The normalized spacial score (nSPS) is 10.9. The summed E-state index contributed by atoms with van der Waals surface area (Å²) in [7, 11) is -3.99. The van der Waals surface area contributed by atoms with Crippen LogP contribution in [0.2, 0.25) is 0 Å². The highest BCUT2D eigenvalue weighted by Gasteiger charge is 2.18. The van der Waals surface area contributed by atoms with E-state index in [1.165, 1.54) is 60.8 Å². The first-order valence-corrected chi connectivity index (χ1v) is 11.8. The van der Waals surface area contributed by atoms with Crippen molar-refractivity contribution >= 4 is 27.4 Å². The molecule has 11 heteroatoms. The van der Waals surface area contributed by atoms with Crippen LogP contribution < -0.4 is 20.1 Å². The van der Waals surface area contributed by atoms with Gasteiger partial charge in [0.15, 0.2) is 0 Å². The van der Waals surface area contributed by atoms with Crippen molar-refractivity contribution in [3.05, 3.63) is 103 Å².